The van der Waals surface area contributed by atoms with Gasteiger partial charge in [-0.3, -0.25) is 19.4 Å². The summed E-state index contributed by atoms with van der Waals surface area (Å²) in [7, 11) is 4.02. The highest BCUT2D eigenvalue weighted by Crippen LogP contribution is 2.34. The summed E-state index contributed by atoms with van der Waals surface area (Å²) >= 11 is 6.50. The molecule has 0 unspecified atom stereocenters. The van der Waals surface area contributed by atoms with E-state index in [9.17, 15) is 9.59 Å². The fourth-order valence-electron chi connectivity index (χ4n) is 5.31. The molecule has 0 spiro atoms. The quantitative estimate of drug-likeness (QED) is 0.547. The number of rotatable bonds is 9. The number of aromatic amines is 1. The van der Waals surface area contributed by atoms with Crippen molar-refractivity contribution in [3.63, 3.8) is 0 Å². The second-order valence-corrected chi connectivity index (χ2v) is 10.0. The summed E-state index contributed by atoms with van der Waals surface area (Å²) in [5.41, 5.74) is 3.71. The Morgan fingerprint density at radius 1 is 1.18 bits per heavy atom. The van der Waals surface area contributed by atoms with E-state index < -0.39 is 0 Å². The summed E-state index contributed by atoms with van der Waals surface area (Å²) in [6, 6.07) is 4.80. The number of hydrogen-bond donors (Lipinski definition) is 2. The highest BCUT2D eigenvalue weighted by Gasteiger charge is 2.29. The normalized spacial score (nSPS) is 18.4. The van der Waals surface area contributed by atoms with Crippen molar-refractivity contribution < 1.29 is 4.79 Å². The van der Waals surface area contributed by atoms with Crippen molar-refractivity contribution in [1.82, 2.24) is 20.0 Å². The Bertz CT molecular complexity index is 1050. The summed E-state index contributed by atoms with van der Waals surface area (Å²) in [5, 5.41) is 6.19. The molecule has 0 aliphatic heterocycles. The summed E-state index contributed by atoms with van der Waals surface area (Å²) in [6.45, 7) is 10.4. The number of carbonyl (C=O) groups is 1. The average molecular weight is 490 g/mol. The molecule has 1 heterocycles. The van der Waals surface area contributed by atoms with Gasteiger partial charge in [-0.25, -0.2) is 0 Å². The number of nitrogens with one attached hydrogen (secondary N) is 2. The Morgan fingerprint density at radius 2 is 1.82 bits per heavy atom. The number of anilines is 1. The van der Waals surface area contributed by atoms with Gasteiger partial charge < -0.3 is 15.1 Å². The molecule has 0 bridgehead atoms. The Balaban J connectivity index is 1.77. The number of carbonyl (C=O) groups excluding carboxylic acids is 1. The standard InChI is InChI=1S/C26H40ClN5O2/c1-7-13-30(5)20-9-11-21(12-10-20)32(8-2)24-15-19(27)14-22(17(24)3)25(33)28-16-23-18(4)31(6)29-26(23)34/h14-15,20-21H,7-13,16H2,1-6H3,(H,28,33)(H,29,34). The molecule has 188 valence electrons. The number of amides is 1. The fourth-order valence-corrected chi connectivity index (χ4v) is 5.52. The zero-order valence-corrected chi connectivity index (χ0v) is 22.3. The molecule has 1 aliphatic carbocycles. The van der Waals surface area contributed by atoms with Crippen LogP contribution in [0.5, 0.6) is 0 Å². The molecule has 8 heteroatoms. The molecule has 0 atom stereocenters. The van der Waals surface area contributed by atoms with Crippen LogP contribution in [0.15, 0.2) is 16.9 Å². The van der Waals surface area contributed by atoms with Gasteiger partial charge in [-0.2, -0.15) is 0 Å². The zero-order valence-electron chi connectivity index (χ0n) is 21.5. The molecule has 34 heavy (non-hydrogen) atoms. The number of aromatic nitrogens is 2. The monoisotopic (exact) mass is 489 g/mol. The van der Waals surface area contributed by atoms with Crippen molar-refractivity contribution in [2.45, 2.75) is 78.4 Å². The molecule has 1 amide bonds. The van der Waals surface area contributed by atoms with Gasteiger partial charge in [0.15, 0.2) is 0 Å². The van der Waals surface area contributed by atoms with Crippen molar-refractivity contribution in [3.05, 3.63) is 49.9 Å². The van der Waals surface area contributed by atoms with Crippen molar-refractivity contribution in [3.8, 4) is 0 Å². The van der Waals surface area contributed by atoms with E-state index >= 15 is 0 Å². The van der Waals surface area contributed by atoms with Crippen LogP contribution in [0.1, 0.15) is 73.1 Å². The summed E-state index contributed by atoms with van der Waals surface area (Å²) in [6.07, 6.45) is 5.83. The van der Waals surface area contributed by atoms with Crippen LogP contribution in [0.25, 0.3) is 0 Å². The molecule has 7 nitrogen and oxygen atoms in total. The first-order chi connectivity index (χ1) is 16.2. The average Bonchev–Trinajstić information content (AvgIpc) is 3.05. The summed E-state index contributed by atoms with van der Waals surface area (Å²) in [5.74, 6) is -0.218. The van der Waals surface area contributed by atoms with E-state index in [1.54, 1.807) is 17.8 Å². The van der Waals surface area contributed by atoms with Gasteiger partial charge in [-0.05, 0) is 84.2 Å². The summed E-state index contributed by atoms with van der Waals surface area (Å²) in [4.78, 5) is 30.2. The van der Waals surface area contributed by atoms with Crippen LogP contribution in [0.3, 0.4) is 0 Å². The van der Waals surface area contributed by atoms with Gasteiger partial charge in [0.2, 0.25) is 0 Å². The summed E-state index contributed by atoms with van der Waals surface area (Å²) < 4.78 is 1.67. The number of aryl methyl sites for hydroxylation is 1. The lowest BCUT2D eigenvalue weighted by atomic mass is 9.88. The van der Waals surface area contributed by atoms with Gasteiger partial charge in [-0.15, -0.1) is 0 Å². The number of nitrogens with zero attached hydrogens (tertiary/aromatic N) is 3. The molecular formula is C26H40ClN5O2. The Morgan fingerprint density at radius 3 is 2.38 bits per heavy atom. The van der Waals surface area contributed by atoms with E-state index in [0.717, 1.165) is 42.9 Å². The molecular weight excluding hydrogens is 450 g/mol. The number of H-pyrrole nitrogens is 1. The molecule has 1 aliphatic rings. The van der Waals surface area contributed by atoms with E-state index in [2.05, 4.69) is 41.1 Å². The first-order valence-corrected chi connectivity index (χ1v) is 12.8. The Labute approximate surface area is 208 Å². The van der Waals surface area contributed by atoms with Gasteiger partial charge in [0.05, 0.1) is 12.1 Å². The van der Waals surface area contributed by atoms with Crippen molar-refractivity contribution >= 4 is 23.2 Å². The molecule has 1 aromatic carbocycles. The van der Waals surface area contributed by atoms with E-state index in [1.165, 1.54) is 19.3 Å². The van der Waals surface area contributed by atoms with Crippen LogP contribution in [-0.4, -0.2) is 52.8 Å². The topological polar surface area (TPSA) is 73.4 Å². The van der Waals surface area contributed by atoms with Crippen LogP contribution in [0.2, 0.25) is 5.02 Å². The zero-order chi connectivity index (χ0) is 25.0. The molecule has 1 fully saturated rings. The van der Waals surface area contributed by atoms with Gasteiger partial charge >= 0.3 is 0 Å². The molecule has 2 N–H and O–H groups in total. The molecule has 3 rings (SSSR count). The van der Waals surface area contributed by atoms with Gasteiger partial charge in [0.1, 0.15) is 0 Å². The van der Waals surface area contributed by atoms with Gasteiger partial charge in [0.25, 0.3) is 11.5 Å². The van der Waals surface area contributed by atoms with Crippen molar-refractivity contribution in [1.29, 1.82) is 0 Å². The van der Waals surface area contributed by atoms with Crippen molar-refractivity contribution in [2.24, 2.45) is 7.05 Å². The maximum absolute atomic E-state index is 13.1. The van der Waals surface area contributed by atoms with Crippen LogP contribution in [-0.2, 0) is 13.6 Å². The Kier molecular flexibility index (Phi) is 8.88. The highest BCUT2D eigenvalue weighted by atomic mass is 35.5. The number of halogens is 1. The smallest absolute Gasteiger partial charge is 0.269 e. The van der Waals surface area contributed by atoms with Crippen LogP contribution in [0, 0.1) is 13.8 Å². The lowest BCUT2D eigenvalue weighted by Crippen LogP contribution is -2.43. The number of hydrogen-bond acceptors (Lipinski definition) is 4. The van der Waals surface area contributed by atoms with Crippen LogP contribution >= 0.6 is 11.6 Å². The molecule has 0 radical (unpaired) electrons. The molecule has 2 aromatic rings. The predicted molar refractivity (Wildman–Crippen MR) is 140 cm³/mol. The van der Waals surface area contributed by atoms with E-state index in [-0.39, 0.29) is 18.0 Å². The van der Waals surface area contributed by atoms with E-state index in [0.29, 0.717) is 28.2 Å². The fraction of sp³-hybridized carbons (Fsp3) is 0.615. The van der Waals surface area contributed by atoms with Crippen molar-refractivity contribution in [2.75, 3.05) is 25.0 Å². The third kappa shape index (κ3) is 5.69. The lowest BCUT2D eigenvalue weighted by molar-refractivity contribution is 0.0950. The van der Waals surface area contributed by atoms with E-state index in [1.807, 2.05) is 19.9 Å². The maximum Gasteiger partial charge on any atom is 0.269 e. The van der Waals surface area contributed by atoms with Gasteiger partial charge in [-0.1, -0.05) is 18.5 Å². The second-order valence-electron chi connectivity index (χ2n) is 9.57. The first-order valence-electron chi connectivity index (χ1n) is 12.5. The SMILES string of the molecule is CCCN(C)C1CCC(N(CC)c2cc(Cl)cc(C(=O)NCc3c(C)n(C)[nH]c3=O)c2C)CC1. The molecule has 0 saturated heterocycles. The molecule has 1 aromatic heterocycles. The highest BCUT2D eigenvalue weighted by molar-refractivity contribution is 6.31. The molecule has 1 saturated carbocycles. The first kappa shape index (κ1) is 26.4. The minimum Gasteiger partial charge on any atom is -0.369 e. The van der Waals surface area contributed by atoms with Crippen LogP contribution < -0.4 is 15.8 Å². The van der Waals surface area contributed by atoms with E-state index in [4.69, 9.17) is 11.6 Å². The van der Waals surface area contributed by atoms with Gasteiger partial charge in [0, 0.05) is 47.6 Å². The lowest BCUT2D eigenvalue weighted by Gasteiger charge is -2.41. The predicted octanol–water partition coefficient (Wildman–Crippen LogP) is 4.39. The third-order valence-electron chi connectivity index (χ3n) is 7.46. The van der Waals surface area contributed by atoms with Crippen LogP contribution in [0.4, 0.5) is 5.69 Å². The maximum atomic E-state index is 13.1. The largest absolute Gasteiger partial charge is 0.369 e. The second kappa shape index (κ2) is 11.5. The minimum atomic E-state index is -0.218. The minimum absolute atomic E-state index is 0.176. The number of benzene rings is 1. The Hall–Kier alpha value is -2.25. The third-order valence-corrected chi connectivity index (χ3v) is 7.67.